The quantitative estimate of drug-likeness (QED) is 0.123. The number of cyclic esters (lactones) is 1. The number of hydrogen-bond acceptors (Lipinski definition) is 14. The molecule has 2 saturated heterocycles. The van der Waals surface area contributed by atoms with Crippen molar-refractivity contribution in [3.63, 3.8) is 0 Å². The van der Waals surface area contributed by atoms with E-state index < -0.39 is 97.0 Å². The molecular weight excluding hydrogens is 764 g/mol. The number of carbonyl (C=O) groups is 1. The monoisotopic (exact) mass is 839 g/mol. The second-order valence-corrected chi connectivity index (χ2v) is 17.2. The Balaban J connectivity index is 2.03. The molecule has 0 aromatic rings. The van der Waals surface area contributed by atoms with Crippen LogP contribution in [0, 0.1) is 35.5 Å². The van der Waals surface area contributed by atoms with E-state index in [4.69, 9.17) is 28.4 Å². The van der Waals surface area contributed by atoms with Crippen molar-refractivity contribution >= 4 is 5.97 Å². The number of aliphatic hydroxyl groups excluding tert-OH is 6. The molecule has 19 atom stereocenters. The van der Waals surface area contributed by atoms with Crippen molar-refractivity contribution < 1.29 is 69.0 Å². The minimum absolute atomic E-state index is 0.131. The largest absolute Gasteiger partial charge is 0.490 e. The summed E-state index contributed by atoms with van der Waals surface area (Å²) in [5.41, 5.74) is 1.58. The van der Waals surface area contributed by atoms with Crippen LogP contribution in [0.2, 0.25) is 0 Å². The summed E-state index contributed by atoms with van der Waals surface area (Å²) in [5, 5.41) is 78.5. The van der Waals surface area contributed by atoms with Gasteiger partial charge in [-0.15, -0.1) is 0 Å². The van der Waals surface area contributed by atoms with E-state index >= 15 is 0 Å². The van der Waals surface area contributed by atoms with E-state index in [0.717, 1.165) is 5.57 Å². The van der Waals surface area contributed by atoms with Gasteiger partial charge < -0.3 is 64.2 Å². The molecule has 7 N–H and O–H groups in total. The molecule has 338 valence electrons. The van der Waals surface area contributed by atoms with Crippen LogP contribution in [0.3, 0.4) is 0 Å². The van der Waals surface area contributed by atoms with E-state index in [9.17, 15) is 40.5 Å². The van der Waals surface area contributed by atoms with Crippen molar-refractivity contribution in [2.45, 2.75) is 168 Å². The Kier molecular flexibility index (Phi) is 19.5. The van der Waals surface area contributed by atoms with E-state index in [1.54, 1.807) is 58.9 Å². The molecule has 0 unspecified atom stereocenters. The van der Waals surface area contributed by atoms with Crippen molar-refractivity contribution in [2.75, 3.05) is 14.2 Å². The number of esters is 1. The second kappa shape index (κ2) is 22.6. The molecule has 14 heteroatoms. The van der Waals surface area contributed by atoms with Crippen LogP contribution in [0.15, 0.2) is 59.4 Å². The maximum atomic E-state index is 13.9. The number of allylic oxidation sites excluding steroid dienone is 6. The van der Waals surface area contributed by atoms with E-state index in [1.807, 2.05) is 46.8 Å². The lowest BCUT2D eigenvalue weighted by atomic mass is 9.77. The summed E-state index contributed by atoms with van der Waals surface area (Å²) in [6.07, 6.45) is 0.0543. The average Bonchev–Trinajstić information content (AvgIpc) is 3.19. The van der Waals surface area contributed by atoms with Gasteiger partial charge in [0.15, 0.2) is 12.1 Å². The lowest BCUT2D eigenvalue weighted by Gasteiger charge is -2.50. The molecule has 0 aromatic carbocycles. The summed E-state index contributed by atoms with van der Waals surface area (Å²) >= 11 is 0. The third kappa shape index (κ3) is 12.6. The highest BCUT2D eigenvalue weighted by Gasteiger charge is 2.53. The average molecular weight is 839 g/mol. The second-order valence-electron chi connectivity index (χ2n) is 17.2. The first-order valence-corrected chi connectivity index (χ1v) is 21.1. The van der Waals surface area contributed by atoms with Crippen LogP contribution in [-0.2, 0) is 33.2 Å². The van der Waals surface area contributed by atoms with E-state index in [2.05, 4.69) is 0 Å². The number of hydrogen-bond donors (Lipinski definition) is 7. The molecule has 0 bridgehead atoms. The molecule has 2 fully saturated rings. The third-order valence-corrected chi connectivity index (χ3v) is 12.7. The van der Waals surface area contributed by atoms with Gasteiger partial charge in [-0.3, -0.25) is 0 Å². The zero-order valence-corrected chi connectivity index (χ0v) is 37.0. The number of methoxy groups -OCH3 is 2. The molecule has 14 nitrogen and oxygen atoms in total. The Labute approximate surface area is 351 Å². The molecule has 0 amide bonds. The summed E-state index contributed by atoms with van der Waals surface area (Å²) in [7, 11) is 2.79. The van der Waals surface area contributed by atoms with Crippen LogP contribution < -0.4 is 0 Å². The minimum atomic E-state index is -2.02. The van der Waals surface area contributed by atoms with Gasteiger partial charge in [-0.1, -0.05) is 89.1 Å². The fraction of sp³-hybridized carbons (Fsp3) is 0.756. The number of rotatable bonds is 10. The predicted octanol–water partition coefficient (Wildman–Crippen LogP) is 3.85. The highest BCUT2D eigenvalue weighted by atomic mass is 16.7. The lowest BCUT2D eigenvalue weighted by molar-refractivity contribution is -0.352. The minimum Gasteiger partial charge on any atom is -0.490 e. The van der Waals surface area contributed by atoms with Crippen molar-refractivity contribution in [3.05, 3.63) is 59.4 Å². The molecule has 0 aromatic heterocycles. The summed E-state index contributed by atoms with van der Waals surface area (Å²) < 4.78 is 35.8. The van der Waals surface area contributed by atoms with Gasteiger partial charge >= 0.3 is 5.97 Å². The van der Waals surface area contributed by atoms with Crippen molar-refractivity contribution in [1.82, 2.24) is 0 Å². The maximum absolute atomic E-state index is 13.9. The van der Waals surface area contributed by atoms with Gasteiger partial charge in [-0.05, 0) is 52.5 Å². The topological polar surface area (TPSA) is 214 Å². The van der Waals surface area contributed by atoms with Crippen LogP contribution in [-0.4, -0.2) is 135 Å². The van der Waals surface area contributed by atoms with Gasteiger partial charge in [-0.25, -0.2) is 4.79 Å². The van der Waals surface area contributed by atoms with Crippen LogP contribution in [0.4, 0.5) is 0 Å². The normalized spacial score (nSPS) is 44.6. The summed E-state index contributed by atoms with van der Waals surface area (Å²) in [4.78, 5) is 13.9. The van der Waals surface area contributed by atoms with Crippen molar-refractivity contribution in [2.24, 2.45) is 35.5 Å². The Hall–Kier alpha value is -2.47. The van der Waals surface area contributed by atoms with Crippen LogP contribution in [0.25, 0.3) is 0 Å². The zero-order chi connectivity index (χ0) is 44.5. The van der Waals surface area contributed by atoms with Gasteiger partial charge in [0.25, 0.3) is 0 Å². The summed E-state index contributed by atoms with van der Waals surface area (Å²) in [6, 6.07) is 0. The van der Waals surface area contributed by atoms with E-state index in [0.29, 0.717) is 18.4 Å². The molecule has 3 aliphatic heterocycles. The standard InChI is InChI=1S/C45H74O14/c1-13-16-32-27(7)35(57-44-41(51)40(50)39(49)30(10)56-44)22-45(53,59-32)29(9)38(48)28(8)42-33(54-11)18-15-17-23(3)19-25(5)36(46)31(14-2)37(47)26(6)20-24(4)21-34(55-12)43(52)58-42/h13,15-18,20-21,25-33,35-42,44,46-51,53H,14,19,22H2,1-12H3/b16-13+,18-15+,23-17+,24-20+,34-21-/t25-,26-,27-,28+,29+,30+,31+,32-,33+,35-,36+,37-,38-,39+,40-,41-,42-,44+,45-/m1/s1. The highest BCUT2D eigenvalue weighted by molar-refractivity contribution is 5.87. The van der Waals surface area contributed by atoms with Crippen LogP contribution in [0.5, 0.6) is 0 Å². The van der Waals surface area contributed by atoms with E-state index in [1.165, 1.54) is 20.3 Å². The van der Waals surface area contributed by atoms with Crippen LogP contribution in [0.1, 0.15) is 88.5 Å². The SMILES string of the molecule is C/C=C/[C@H]1O[C@@](O)([C@@H](C)[C@H](O)[C@H](C)[C@H]2OC(=O)/C(OC)=C/C(C)=C/[C@@H](C)[C@@H](O)[C@@H](CC)[C@@H](O)[C@H](C)C/C(C)=C/C=C/[C@@H]2OC)C[C@@H](O[C@@H]2O[C@@H](C)[C@H](O)[C@@H](O)[C@H]2O)[C@@H]1C. The first-order valence-electron chi connectivity index (χ1n) is 21.1. The van der Waals surface area contributed by atoms with Gasteiger partial charge in [-0.2, -0.15) is 0 Å². The number of ether oxygens (including phenoxy) is 6. The first kappa shape index (κ1) is 50.9. The molecular formula is C45H74O14. The zero-order valence-electron chi connectivity index (χ0n) is 37.0. The van der Waals surface area contributed by atoms with Crippen molar-refractivity contribution in [1.29, 1.82) is 0 Å². The predicted molar refractivity (Wildman–Crippen MR) is 221 cm³/mol. The molecule has 0 saturated carbocycles. The first-order chi connectivity index (χ1) is 27.6. The molecule has 3 heterocycles. The molecule has 0 aliphatic carbocycles. The smallest absolute Gasteiger partial charge is 0.373 e. The van der Waals surface area contributed by atoms with Crippen molar-refractivity contribution in [3.8, 4) is 0 Å². The lowest BCUT2D eigenvalue weighted by Crippen LogP contribution is -2.61. The third-order valence-electron chi connectivity index (χ3n) is 12.7. The Morgan fingerprint density at radius 2 is 1.64 bits per heavy atom. The van der Waals surface area contributed by atoms with Gasteiger partial charge in [0, 0.05) is 43.1 Å². The molecule has 0 spiro atoms. The summed E-state index contributed by atoms with van der Waals surface area (Å²) in [5.74, 6) is -6.19. The fourth-order valence-electron chi connectivity index (χ4n) is 8.63. The van der Waals surface area contributed by atoms with E-state index in [-0.39, 0.29) is 35.9 Å². The van der Waals surface area contributed by atoms with Gasteiger partial charge in [0.05, 0.1) is 43.7 Å². The molecule has 3 rings (SSSR count). The highest BCUT2D eigenvalue weighted by Crippen LogP contribution is 2.42. The Morgan fingerprint density at radius 3 is 2.24 bits per heavy atom. The molecule has 59 heavy (non-hydrogen) atoms. The maximum Gasteiger partial charge on any atom is 0.373 e. The number of aliphatic hydroxyl groups is 7. The fourth-order valence-corrected chi connectivity index (χ4v) is 8.63. The Bertz CT molecular complexity index is 1490. The van der Waals surface area contributed by atoms with Gasteiger partial charge in [0.2, 0.25) is 5.76 Å². The molecule has 0 radical (unpaired) electrons. The Morgan fingerprint density at radius 1 is 0.983 bits per heavy atom. The molecule has 3 aliphatic rings. The summed E-state index contributed by atoms with van der Waals surface area (Å²) in [6.45, 7) is 18.0. The number of carbonyl (C=O) groups excluding carboxylic acids is 1. The van der Waals surface area contributed by atoms with Crippen LogP contribution >= 0.6 is 0 Å². The van der Waals surface area contributed by atoms with Gasteiger partial charge in [0.1, 0.15) is 30.5 Å².